The van der Waals surface area contributed by atoms with Gasteiger partial charge in [-0.2, -0.15) is 0 Å². The molecular formula is C15H15ClN2O4S. The van der Waals surface area contributed by atoms with Crippen molar-refractivity contribution in [1.82, 2.24) is 5.32 Å². The number of amides is 1. The van der Waals surface area contributed by atoms with Crippen molar-refractivity contribution in [1.29, 1.82) is 0 Å². The number of sulfonamides is 1. The van der Waals surface area contributed by atoms with Gasteiger partial charge in [0.15, 0.2) is 0 Å². The Hall–Kier alpha value is -2.25. The first kappa shape index (κ1) is 17.1. The molecule has 2 aromatic carbocycles. The van der Waals surface area contributed by atoms with Crippen molar-refractivity contribution in [3.8, 4) is 5.75 Å². The predicted molar refractivity (Wildman–Crippen MR) is 88.6 cm³/mol. The highest BCUT2D eigenvalue weighted by molar-refractivity contribution is 7.92. The first-order valence-electron chi connectivity index (χ1n) is 6.56. The van der Waals surface area contributed by atoms with Gasteiger partial charge in [-0.25, -0.2) is 8.42 Å². The zero-order valence-corrected chi connectivity index (χ0v) is 14.0. The van der Waals surface area contributed by atoms with E-state index in [0.717, 1.165) is 0 Å². The molecule has 0 aromatic heterocycles. The monoisotopic (exact) mass is 354 g/mol. The Morgan fingerprint density at radius 2 is 1.78 bits per heavy atom. The number of hydrogen-bond donors (Lipinski definition) is 2. The Labute approximate surface area is 139 Å². The van der Waals surface area contributed by atoms with E-state index in [9.17, 15) is 13.2 Å². The molecule has 0 aliphatic carbocycles. The molecule has 2 N–H and O–H groups in total. The molecule has 122 valence electrons. The average molecular weight is 355 g/mol. The van der Waals surface area contributed by atoms with Crippen LogP contribution in [0.25, 0.3) is 0 Å². The second-order valence-electron chi connectivity index (χ2n) is 4.56. The van der Waals surface area contributed by atoms with E-state index in [1.807, 2.05) is 0 Å². The summed E-state index contributed by atoms with van der Waals surface area (Å²) in [6, 6.07) is 10.4. The summed E-state index contributed by atoms with van der Waals surface area (Å²) in [7, 11) is -0.954. The minimum absolute atomic E-state index is 0.0265. The van der Waals surface area contributed by atoms with Gasteiger partial charge < -0.3 is 10.1 Å². The second kappa shape index (κ2) is 6.89. The molecule has 8 heteroatoms. The van der Waals surface area contributed by atoms with Crippen LogP contribution in [-0.2, 0) is 10.0 Å². The minimum atomic E-state index is -3.93. The standard InChI is InChI=1S/C15H15ClN2O4S/c1-17-15(19)10-3-8-13(16)14(9-10)23(20,21)18-11-4-6-12(22-2)7-5-11/h3-9,18H,1-2H3,(H,17,19). The largest absolute Gasteiger partial charge is 0.497 e. The molecule has 0 fully saturated rings. The van der Waals surface area contributed by atoms with Gasteiger partial charge in [0.1, 0.15) is 10.6 Å². The Balaban J connectivity index is 2.36. The van der Waals surface area contributed by atoms with Gasteiger partial charge in [0.2, 0.25) is 0 Å². The minimum Gasteiger partial charge on any atom is -0.497 e. The fourth-order valence-corrected chi connectivity index (χ4v) is 3.45. The molecule has 0 heterocycles. The number of nitrogens with one attached hydrogen (secondary N) is 2. The van der Waals surface area contributed by atoms with E-state index in [1.165, 1.54) is 32.4 Å². The predicted octanol–water partition coefficient (Wildman–Crippen LogP) is 2.51. The van der Waals surface area contributed by atoms with Crippen molar-refractivity contribution in [2.75, 3.05) is 18.9 Å². The Bertz CT molecular complexity index is 820. The zero-order valence-electron chi connectivity index (χ0n) is 12.5. The molecule has 0 unspecified atom stereocenters. The van der Waals surface area contributed by atoms with Gasteiger partial charge in [-0.1, -0.05) is 11.6 Å². The third-order valence-corrected chi connectivity index (χ3v) is 4.92. The van der Waals surface area contributed by atoms with Gasteiger partial charge in [-0.15, -0.1) is 0 Å². The first-order chi connectivity index (χ1) is 10.9. The van der Waals surface area contributed by atoms with Crippen molar-refractivity contribution in [2.45, 2.75) is 4.90 Å². The van der Waals surface area contributed by atoms with E-state index in [2.05, 4.69) is 10.0 Å². The van der Waals surface area contributed by atoms with E-state index in [-0.39, 0.29) is 15.5 Å². The summed E-state index contributed by atoms with van der Waals surface area (Å²) in [5, 5.41) is 2.46. The number of hydrogen-bond acceptors (Lipinski definition) is 4. The average Bonchev–Trinajstić information content (AvgIpc) is 2.54. The lowest BCUT2D eigenvalue weighted by molar-refractivity contribution is 0.0963. The van der Waals surface area contributed by atoms with Crippen LogP contribution >= 0.6 is 11.6 Å². The number of rotatable bonds is 5. The number of halogens is 1. The number of ether oxygens (including phenoxy) is 1. The van der Waals surface area contributed by atoms with Crippen LogP contribution in [0.3, 0.4) is 0 Å². The summed E-state index contributed by atoms with van der Waals surface area (Å²) in [6.45, 7) is 0. The van der Waals surface area contributed by atoms with Crippen LogP contribution in [0.1, 0.15) is 10.4 Å². The van der Waals surface area contributed by atoms with E-state index < -0.39 is 15.9 Å². The quantitative estimate of drug-likeness (QED) is 0.864. The molecule has 0 bridgehead atoms. The first-order valence-corrected chi connectivity index (χ1v) is 8.42. The molecule has 0 atom stereocenters. The van der Waals surface area contributed by atoms with Crippen molar-refractivity contribution < 1.29 is 17.9 Å². The molecule has 1 amide bonds. The van der Waals surface area contributed by atoms with Crippen molar-refractivity contribution >= 4 is 33.2 Å². The third kappa shape index (κ3) is 3.94. The lowest BCUT2D eigenvalue weighted by Crippen LogP contribution is -2.19. The maximum atomic E-state index is 12.5. The van der Waals surface area contributed by atoms with Crippen LogP contribution in [0.15, 0.2) is 47.4 Å². The Morgan fingerprint density at radius 1 is 1.13 bits per heavy atom. The van der Waals surface area contributed by atoms with Gasteiger partial charge in [0, 0.05) is 18.3 Å². The normalized spacial score (nSPS) is 10.9. The third-order valence-electron chi connectivity index (χ3n) is 3.05. The molecule has 0 aliphatic heterocycles. The Morgan fingerprint density at radius 3 is 2.35 bits per heavy atom. The summed E-state index contributed by atoms with van der Waals surface area (Å²) in [5.41, 5.74) is 0.555. The second-order valence-corrected chi connectivity index (χ2v) is 6.62. The number of anilines is 1. The topological polar surface area (TPSA) is 84.5 Å². The molecule has 0 spiro atoms. The summed E-state index contributed by atoms with van der Waals surface area (Å²) >= 11 is 5.97. The summed E-state index contributed by atoms with van der Waals surface area (Å²) < 4.78 is 32.4. The molecular weight excluding hydrogens is 340 g/mol. The lowest BCUT2D eigenvalue weighted by atomic mass is 10.2. The highest BCUT2D eigenvalue weighted by Gasteiger charge is 2.20. The molecule has 2 aromatic rings. The van der Waals surface area contributed by atoms with Gasteiger partial charge in [0.25, 0.3) is 15.9 Å². The molecule has 0 aliphatic rings. The molecule has 6 nitrogen and oxygen atoms in total. The fraction of sp³-hybridized carbons (Fsp3) is 0.133. The van der Waals surface area contributed by atoms with E-state index >= 15 is 0 Å². The smallest absolute Gasteiger partial charge is 0.263 e. The molecule has 0 saturated heterocycles. The zero-order chi connectivity index (χ0) is 17.0. The van der Waals surface area contributed by atoms with Gasteiger partial charge in [0.05, 0.1) is 12.1 Å². The van der Waals surface area contributed by atoms with Crippen LogP contribution in [-0.4, -0.2) is 28.5 Å². The summed E-state index contributed by atoms with van der Waals surface area (Å²) in [6.07, 6.45) is 0. The van der Waals surface area contributed by atoms with Crippen LogP contribution in [0.5, 0.6) is 5.75 Å². The molecule has 2 rings (SSSR count). The maximum Gasteiger partial charge on any atom is 0.263 e. The van der Waals surface area contributed by atoms with Crippen LogP contribution < -0.4 is 14.8 Å². The summed E-state index contributed by atoms with van der Waals surface area (Å²) in [5.74, 6) is 0.204. The van der Waals surface area contributed by atoms with E-state index in [1.54, 1.807) is 24.3 Å². The van der Waals surface area contributed by atoms with Gasteiger partial charge in [-0.3, -0.25) is 9.52 Å². The fourth-order valence-electron chi connectivity index (χ4n) is 1.86. The van der Waals surface area contributed by atoms with Crippen LogP contribution in [0, 0.1) is 0 Å². The van der Waals surface area contributed by atoms with E-state index in [0.29, 0.717) is 11.4 Å². The molecule has 0 radical (unpaired) electrons. The maximum absolute atomic E-state index is 12.5. The number of methoxy groups -OCH3 is 1. The number of benzene rings is 2. The lowest BCUT2D eigenvalue weighted by Gasteiger charge is -2.11. The van der Waals surface area contributed by atoms with Crippen LogP contribution in [0.2, 0.25) is 5.02 Å². The number of carbonyl (C=O) groups is 1. The van der Waals surface area contributed by atoms with Crippen molar-refractivity contribution in [3.05, 3.63) is 53.1 Å². The van der Waals surface area contributed by atoms with Crippen molar-refractivity contribution in [3.63, 3.8) is 0 Å². The number of carbonyl (C=O) groups excluding carboxylic acids is 1. The highest BCUT2D eigenvalue weighted by atomic mass is 35.5. The molecule has 0 saturated carbocycles. The Kier molecular flexibility index (Phi) is 5.12. The van der Waals surface area contributed by atoms with Crippen LogP contribution in [0.4, 0.5) is 5.69 Å². The van der Waals surface area contributed by atoms with Gasteiger partial charge in [-0.05, 0) is 42.5 Å². The van der Waals surface area contributed by atoms with Gasteiger partial charge >= 0.3 is 0 Å². The molecule has 23 heavy (non-hydrogen) atoms. The van der Waals surface area contributed by atoms with E-state index in [4.69, 9.17) is 16.3 Å². The highest BCUT2D eigenvalue weighted by Crippen LogP contribution is 2.25. The summed E-state index contributed by atoms with van der Waals surface area (Å²) in [4.78, 5) is 11.5. The SMILES string of the molecule is CNC(=O)c1ccc(Cl)c(S(=O)(=O)Nc2ccc(OC)cc2)c1. The van der Waals surface area contributed by atoms with Crippen molar-refractivity contribution in [2.24, 2.45) is 0 Å².